The van der Waals surface area contributed by atoms with Crippen molar-refractivity contribution in [3.8, 4) is 0 Å². The van der Waals surface area contributed by atoms with Crippen LogP contribution in [0.2, 0.25) is 0 Å². The summed E-state index contributed by atoms with van der Waals surface area (Å²) in [5.41, 5.74) is -2.22. The number of carbonyl (C=O) groups excluding carboxylic acids is 1. The van der Waals surface area contributed by atoms with Gasteiger partial charge in [0.15, 0.2) is 5.82 Å². The highest BCUT2D eigenvalue weighted by atomic mass is 19.4. The van der Waals surface area contributed by atoms with E-state index in [9.17, 15) is 22.4 Å². The van der Waals surface area contributed by atoms with Crippen LogP contribution in [0, 0.1) is 12.7 Å². The SMILES string of the molecule is Cc1cc(NC(=O)c2cccc(C(F)(F)F)c2F)no1. The second-order valence-electron chi connectivity index (χ2n) is 3.94. The topological polar surface area (TPSA) is 55.1 Å². The van der Waals surface area contributed by atoms with Crippen LogP contribution in [-0.2, 0) is 6.18 Å². The molecule has 0 fully saturated rings. The maximum absolute atomic E-state index is 13.7. The van der Waals surface area contributed by atoms with E-state index in [2.05, 4.69) is 15.0 Å². The van der Waals surface area contributed by atoms with Crippen LogP contribution in [0.4, 0.5) is 23.4 Å². The van der Waals surface area contributed by atoms with Gasteiger partial charge in [0.25, 0.3) is 5.91 Å². The van der Waals surface area contributed by atoms with Crippen molar-refractivity contribution in [3.05, 3.63) is 47.0 Å². The number of aryl methyl sites for hydroxylation is 1. The first kappa shape index (κ1) is 14.0. The van der Waals surface area contributed by atoms with E-state index < -0.39 is 29.0 Å². The molecule has 0 saturated heterocycles. The van der Waals surface area contributed by atoms with Gasteiger partial charge < -0.3 is 9.84 Å². The highest BCUT2D eigenvalue weighted by Crippen LogP contribution is 2.32. The van der Waals surface area contributed by atoms with Crippen LogP contribution in [0.15, 0.2) is 28.8 Å². The number of benzene rings is 1. The standard InChI is InChI=1S/C12H8F4N2O2/c1-6-5-9(18-20-6)17-11(19)7-3-2-4-8(10(7)13)12(14,15)16/h2-5H,1H3,(H,17,18,19). The van der Waals surface area contributed by atoms with Crippen molar-refractivity contribution in [2.24, 2.45) is 0 Å². The van der Waals surface area contributed by atoms with Crippen molar-refractivity contribution in [2.45, 2.75) is 13.1 Å². The normalized spacial score (nSPS) is 11.4. The molecule has 0 unspecified atom stereocenters. The molecular formula is C12H8F4N2O2. The van der Waals surface area contributed by atoms with E-state index in [0.29, 0.717) is 11.8 Å². The number of alkyl halides is 3. The molecule has 1 aromatic carbocycles. The van der Waals surface area contributed by atoms with Crippen molar-refractivity contribution in [1.29, 1.82) is 0 Å². The summed E-state index contributed by atoms with van der Waals surface area (Å²) in [6, 6.07) is 3.82. The first-order valence-corrected chi connectivity index (χ1v) is 5.39. The van der Waals surface area contributed by atoms with E-state index in [1.807, 2.05) is 0 Å². The van der Waals surface area contributed by atoms with Crippen molar-refractivity contribution in [1.82, 2.24) is 5.16 Å². The molecule has 1 aromatic heterocycles. The number of rotatable bonds is 2. The quantitative estimate of drug-likeness (QED) is 0.862. The lowest BCUT2D eigenvalue weighted by atomic mass is 10.1. The smallest absolute Gasteiger partial charge is 0.360 e. The lowest BCUT2D eigenvalue weighted by Crippen LogP contribution is -2.17. The Balaban J connectivity index is 2.31. The van der Waals surface area contributed by atoms with Gasteiger partial charge in [-0.15, -0.1) is 0 Å². The molecule has 0 spiro atoms. The molecule has 0 aliphatic carbocycles. The molecule has 0 saturated carbocycles. The van der Waals surface area contributed by atoms with Gasteiger partial charge in [0, 0.05) is 6.07 Å². The number of hydrogen-bond donors (Lipinski definition) is 1. The van der Waals surface area contributed by atoms with Gasteiger partial charge >= 0.3 is 6.18 Å². The number of amides is 1. The molecule has 8 heteroatoms. The molecule has 2 aromatic rings. The van der Waals surface area contributed by atoms with Gasteiger partial charge in [-0.25, -0.2) is 4.39 Å². The second kappa shape index (κ2) is 4.95. The summed E-state index contributed by atoms with van der Waals surface area (Å²) in [6.07, 6.45) is -4.87. The van der Waals surface area contributed by atoms with Gasteiger partial charge in [0.1, 0.15) is 11.6 Å². The predicted octanol–water partition coefficient (Wildman–Crippen LogP) is 3.39. The zero-order valence-corrected chi connectivity index (χ0v) is 10.1. The molecule has 1 amide bonds. The van der Waals surface area contributed by atoms with E-state index >= 15 is 0 Å². The molecule has 0 atom stereocenters. The van der Waals surface area contributed by atoms with Gasteiger partial charge in [-0.2, -0.15) is 13.2 Å². The molecule has 2 rings (SSSR count). The second-order valence-corrected chi connectivity index (χ2v) is 3.94. The summed E-state index contributed by atoms with van der Waals surface area (Å²) in [5.74, 6) is -2.28. The Morgan fingerprint density at radius 2 is 2.05 bits per heavy atom. The summed E-state index contributed by atoms with van der Waals surface area (Å²) < 4.78 is 55.9. The molecule has 0 bridgehead atoms. The third-order valence-corrected chi connectivity index (χ3v) is 2.42. The Morgan fingerprint density at radius 1 is 1.35 bits per heavy atom. The first-order chi connectivity index (χ1) is 9.29. The minimum atomic E-state index is -4.87. The van der Waals surface area contributed by atoms with E-state index in [-0.39, 0.29) is 5.82 Å². The Kier molecular flexibility index (Phi) is 3.47. The number of nitrogens with one attached hydrogen (secondary N) is 1. The van der Waals surface area contributed by atoms with Gasteiger partial charge in [-0.3, -0.25) is 4.79 Å². The summed E-state index contributed by atoms with van der Waals surface area (Å²) in [4.78, 5) is 11.7. The average molecular weight is 288 g/mol. The molecule has 0 radical (unpaired) electrons. The molecule has 106 valence electrons. The van der Waals surface area contributed by atoms with Crippen molar-refractivity contribution < 1.29 is 26.9 Å². The number of aromatic nitrogens is 1. The van der Waals surface area contributed by atoms with E-state index in [1.165, 1.54) is 6.07 Å². The van der Waals surface area contributed by atoms with Crippen LogP contribution < -0.4 is 5.32 Å². The number of anilines is 1. The van der Waals surface area contributed by atoms with Gasteiger partial charge in [-0.05, 0) is 19.1 Å². The molecule has 4 nitrogen and oxygen atoms in total. The van der Waals surface area contributed by atoms with Crippen LogP contribution in [-0.4, -0.2) is 11.1 Å². The number of hydrogen-bond acceptors (Lipinski definition) is 3. The molecule has 1 heterocycles. The number of carbonyl (C=O) groups is 1. The van der Waals surface area contributed by atoms with E-state index in [0.717, 1.165) is 12.1 Å². The third-order valence-electron chi connectivity index (χ3n) is 2.42. The Morgan fingerprint density at radius 3 is 2.60 bits per heavy atom. The predicted molar refractivity (Wildman–Crippen MR) is 60.6 cm³/mol. The molecule has 1 N–H and O–H groups in total. The zero-order valence-electron chi connectivity index (χ0n) is 10.1. The molecule has 0 aliphatic heterocycles. The van der Waals surface area contributed by atoms with Crippen LogP contribution in [0.5, 0.6) is 0 Å². The maximum Gasteiger partial charge on any atom is 0.419 e. The number of halogens is 4. The summed E-state index contributed by atoms with van der Waals surface area (Å²) in [6.45, 7) is 1.56. The fraction of sp³-hybridized carbons (Fsp3) is 0.167. The van der Waals surface area contributed by atoms with Crippen LogP contribution in [0.1, 0.15) is 21.7 Å². The lowest BCUT2D eigenvalue weighted by molar-refractivity contribution is -0.140. The summed E-state index contributed by atoms with van der Waals surface area (Å²) >= 11 is 0. The van der Waals surface area contributed by atoms with E-state index in [4.69, 9.17) is 0 Å². The maximum atomic E-state index is 13.7. The van der Waals surface area contributed by atoms with E-state index in [1.54, 1.807) is 6.92 Å². The van der Waals surface area contributed by atoms with Gasteiger partial charge in [0.05, 0.1) is 11.1 Å². The monoisotopic (exact) mass is 288 g/mol. The van der Waals surface area contributed by atoms with Crippen molar-refractivity contribution in [3.63, 3.8) is 0 Å². The summed E-state index contributed by atoms with van der Waals surface area (Å²) in [5, 5.41) is 5.58. The third kappa shape index (κ3) is 2.79. The van der Waals surface area contributed by atoms with Crippen LogP contribution in [0.3, 0.4) is 0 Å². The minimum absolute atomic E-state index is 0.00990. The highest BCUT2D eigenvalue weighted by Gasteiger charge is 2.35. The Hall–Kier alpha value is -2.38. The average Bonchev–Trinajstić information content (AvgIpc) is 2.73. The summed E-state index contributed by atoms with van der Waals surface area (Å²) in [7, 11) is 0. The minimum Gasteiger partial charge on any atom is -0.360 e. The lowest BCUT2D eigenvalue weighted by Gasteiger charge is -2.10. The van der Waals surface area contributed by atoms with Gasteiger partial charge in [-0.1, -0.05) is 11.2 Å². The van der Waals surface area contributed by atoms with Crippen LogP contribution >= 0.6 is 0 Å². The highest BCUT2D eigenvalue weighted by molar-refractivity contribution is 6.04. The Bertz CT molecular complexity index is 649. The largest absolute Gasteiger partial charge is 0.419 e. The molecular weight excluding hydrogens is 280 g/mol. The Labute approximate surface area is 110 Å². The van der Waals surface area contributed by atoms with Crippen LogP contribution in [0.25, 0.3) is 0 Å². The fourth-order valence-electron chi connectivity index (χ4n) is 1.54. The first-order valence-electron chi connectivity index (χ1n) is 5.39. The van der Waals surface area contributed by atoms with Crippen molar-refractivity contribution >= 4 is 11.7 Å². The zero-order chi connectivity index (χ0) is 14.9. The fourth-order valence-corrected chi connectivity index (χ4v) is 1.54. The van der Waals surface area contributed by atoms with Gasteiger partial charge in [0.2, 0.25) is 0 Å². The molecule has 0 aliphatic rings. The molecule has 20 heavy (non-hydrogen) atoms. The van der Waals surface area contributed by atoms with Crippen molar-refractivity contribution in [2.75, 3.05) is 5.32 Å². The number of nitrogens with zero attached hydrogens (tertiary/aromatic N) is 1.